The minimum absolute atomic E-state index is 0.225. The SMILES string of the molecule is CC(CCO)CN1CCCC1=O. The van der Waals surface area contributed by atoms with Gasteiger partial charge in [0.15, 0.2) is 0 Å². The fraction of sp³-hybridized carbons (Fsp3) is 0.889. The molecule has 0 aromatic heterocycles. The summed E-state index contributed by atoms with van der Waals surface area (Å²) in [7, 11) is 0. The minimum atomic E-state index is 0.225. The number of nitrogens with zero attached hydrogens (tertiary/aromatic N) is 1. The van der Waals surface area contributed by atoms with E-state index in [4.69, 9.17) is 5.11 Å². The lowest BCUT2D eigenvalue weighted by molar-refractivity contribution is -0.128. The molecule has 0 radical (unpaired) electrons. The molecule has 1 aliphatic rings. The molecule has 0 aromatic carbocycles. The van der Waals surface area contributed by atoms with Gasteiger partial charge >= 0.3 is 0 Å². The van der Waals surface area contributed by atoms with Crippen LogP contribution in [-0.2, 0) is 4.79 Å². The van der Waals surface area contributed by atoms with Crippen LogP contribution in [0.4, 0.5) is 0 Å². The van der Waals surface area contributed by atoms with E-state index in [1.807, 2.05) is 4.90 Å². The van der Waals surface area contributed by atoms with E-state index in [2.05, 4.69) is 6.92 Å². The first-order chi connectivity index (χ1) is 5.74. The first-order valence-corrected chi connectivity index (χ1v) is 4.62. The predicted octanol–water partition coefficient (Wildman–Crippen LogP) is 0.627. The zero-order chi connectivity index (χ0) is 8.97. The van der Waals surface area contributed by atoms with Crippen LogP contribution in [0.5, 0.6) is 0 Å². The van der Waals surface area contributed by atoms with Gasteiger partial charge in [-0.05, 0) is 18.8 Å². The molecule has 1 saturated heterocycles. The average molecular weight is 171 g/mol. The van der Waals surface area contributed by atoms with Gasteiger partial charge in [0.05, 0.1) is 0 Å². The standard InChI is InChI=1S/C9H17NO2/c1-8(4-6-11)7-10-5-2-3-9(10)12/h8,11H,2-7H2,1H3. The van der Waals surface area contributed by atoms with E-state index in [1.165, 1.54) is 0 Å². The smallest absolute Gasteiger partial charge is 0.222 e. The summed E-state index contributed by atoms with van der Waals surface area (Å²) in [5.74, 6) is 0.705. The molecule has 3 nitrogen and oxygen atoms in total. The number of carbonyl (C=O) groups excluding carboxylic acids is 1. The molecule has 1 heterocycles. The average Bonchev–Trinajstić information content (AvgIpc) is 2.37. The molecule has 0 aliphatic carbocycles. The lowest BCUT2D eigenvalue weighted by Gasteiger charge is -2.19. The third-order valence-electron chi connectivity index (χ3n) is 2.33. The number of aliphatic hydroxyl groups is 1. The molecule has 0 spiro atoms. The van der Waals surface area contributed by atoms with Gasteiger partial charge in [-0.1, -0.05) is 6.92 Å². The molecule has 1 aliphatic heterocycles. The largest absolute Gasteiger partial charge is 0.396 e. The van der Waals surface area contributed by atoms with Crippen LogP contribution in [0.3, 0.4) is 0 Å². The summed E-state index contributed by atoms with van der Waals surface area (Å²) >= 11 is 0. The summed E-state index contributed by atoms with van der Waals surface area (Å²) in [4.78, 5) is 13.1. The summed E-state index contributed by atoms with van der Waals surface area (Å²) < 4.78 is 0. The molecule has 0 saturated carbocycles. The van der Waals surface area contributed by atoms with Crippen LogP contribution in [0.25, 0.3) is 0 Å². The van der Waals surface area contributed by atoms with Gasteiger partial charge in [-0.2, -0.15) is 0 Å². The highest BCUT2D eigenvalue weighted by Crippen LogP contribution is 2.13. The van der Waals surface area contributed by atoms with Crippen molar-refractivity contribution in [3.8, 4) is 0 Å². The van der Waals surface area contributed by atoms with Crippen molar-refractivity contribution in [1.29, 1.82) is 0 Å². The van der Waals surface area contributed by atoms with Gasteiger partial charge in [-0.25, -0.2) is 0 Å². The summed E-state index contributed by atoms with van der Waals surface area (Å²) in [6.45, 7) is 4.03. The topological polar surface area (TPSA) is 40.5 Å². The third kappa shape index (κ3) is 2.48. The molecule has 0 aromatic rings. The number of amides is 1. The van der Waals surface area contributed by atoms with Crippen LogP contribution in [-0.4, -0.2) is 35.6 Å². The monoisotopic (exact) mass is 171 g/mol. The van der Waals surface area contributed by atoms with Crippen molar-refractivity contribution >= 4 is 5.91 Å². The highest BCUT2D eigenvalue weighted by atomic mass is 16.3. The second-order valence-corrected chi connectivity index (χ2v) is 3.56. The number of hydrogen-bond donors (Lipinski definition) is 1. The fourth-order valence-corrected chi connectivity index (χ4v) is 1.58. The van der Waals surface area contributed by atoms with Crippen LogP contribution in [0, 0.1) is 5.92 Å². The Morgan fingerprint density at radius 1 is 1.67 bits per heavy atom. The van der Waals surface area contributed by atoms with E-state index in [-0.39, 0.29) is 12.5 Å². The molecule has 1 atom stereocenters. The second-order valence-electron chi connectivity index (χ2n) is 3.56. The van der Waals surface area contributed by atoms with E-state index in [0.717, 1.165) is 25.9 Å². The van der Waals surface area contributed by atoms with Gasteiger partial charge < -0.3 is 10.0 Å². The molecule has 70 valence electrons. The van der Waals surface area contributed by atoms with E-state index in [9.17, 15) is 4.79 Å². The molecule has 3 heteroatoms. The van der Waals surface area contributed by atoms with Crippen LogP contribution < -0.4 is 0 Å². The van der Waals surface area contributed by atoms with Gasteiger partial charge in [-0.15, -0.1) is 0 Å². The van der Waals surface area contributed by atoms with Crippen molar-refractivity contribution in [2.75, 3.05) is 19.7 Å². The summed E-state index contributed by atoms with van der Waals surface area (Å²) in [5, 5.41) is 8.67. The van der Waals surface area contributed by atoms with Crippen molar-refractivity contribution in [2.45, 2.75) is 26.2 Å². The van der Waals surface area contributed by atoms with E-state index < -0.39 is 0 Å². The first-order valence-electron chi connectivity index (χ1n) is 4.62. The molecule has 1 amide bonds. The molecule has 12 heavy (non-hydrogen) atoms. The van der Waals surface area contributed by atoms with Crippen molar-refractivity contribution in [3.05, 3.63) is 0 Å². The van der Waals surface area contributed by atoms with Crippen molar-refractivity contribution in [3.63, 3.8) is 0 Å². The normalized spacial score (nSPS) is 20.2. The summed E-state index contributed by atoms with van der Waals surface area (Å²) in [6, 6.07) is 0. The molecule has 1 rings (SSSR count). The first kappa shape index (κ1) is 9.52. The number of hydrogen-bond acceptors (Lipinski definition) is 2. The van der Waals surface area contributed by atoms with Gasteiger partial charge in [0, 0.05) is 26.1 Å². The lowest BCUT2D eigenvalue weighted by Crippen LogP contribution is -2.29. The third-order valence-corrected chi connectivity index (χ3v) is 2.33. The van der Waals surface area contributed by atoms with Crippen molar-refractivity contribution in [1.82, 2.24) is 4.90 Å². The van der Waals surface area contributed by atoms with E-state index >= 15 is 0 Å². The van der Waals surface area contributed by atoms with E-state index in [1.54, 1.807) is 0 Å². The molecule has 0 bridgehead atoms. The maximum absolute atomic E-state index is 11.2. The van der Waals surface area contributed by atoms with Crippen LogP contribution >= 0.6 is 0 Å². The molecule has 1 fully saturated rings. The molecular formula is C9H17NO2. The quantitative estimate of drug-likeness (QED) is 0.674. The maximum atomic E-state index is 11.2. The number of rotatable bonds is 4. The fourth-order valence-electron chi connectivity index (χ4n) is 1.58. The zero-order valence-electron chi connectivity index (χ0n) is 7.62. The zero-order valence-corrected chi connectivity index (χ0v) is 7.62. The maximum Gasteiger partial charge on any atom is 0.222 e. The van der Waals surface area contributed by atoms with Gasteiger partial charge in [0.25, 0.3) is 0 Å². The van der Waals surface area contributed by atoms with Crippen molar-refractivity contribution in [2.24, 2.45) is 5.92 Å². The van der Waals surface area contributed by atoms with Gasteiger partial charge in [0.1, 0.15) is 0 Å². The van der Waals surface area contributed by atoms with Gasteiger partial charge in [0.2, 0.25) is 5.91 Å². The Labute approximate surface area is 73.4 Å². The highest BCUT2D eigenvalue weighted by Gasteiger charge is 2.21. The highest BCUT2D eigenvalue weighted by molar-refractivity contribution is 5.78. The molecule has 1 N–H and O–H groups in total. The second kappa shape index (κ2) is 4.45. The van der Waals surface area contributed by atoms with Crippen LogP contribution in [0.15, 0.2) is 0 Å². The van der Waals surface area contributed by atoms with E-state index in [0.29, 0.717) is 12.3 Å². The molecular weight excluding hydrogens is 154 g/mol. The minimum Gasteiger partial charge on any atom is -0.396 e. The summed E-state index contributed by atoms with van der Waals surface area (Å²) in [6.07, 6.45) is 2.51. The van der Waals surface area contributed by atoms with Crippen LogP contribution in [0.2, 0.25) is 0 Å². The van der Waals surface area contributed by atoms with Crippen LogP contribution in [0.1, 0.15) is 26.2 Å². The number of likely N-dealkylation sites (tertiary alicyclic amines) is 1. The Balaban J connectivity index is 2.25. The Morgan fingerprint density at radius 2 is 2.42 bits per heavy atom. The van der Waals surface area contributed by atoms with Crippen molar-refractivity contribution < 1.29 is 9.90 Å². The Hall–Kier alpha value is -0.570. The lowest BCUT2D eigenvalue weighted by atomic mass is 10.1. The summed E-state index contributed by atoms with van der Waals surface area (Å²) in [5.41, 5.74) is 0. The Bertz CT molecular complexity index is 159. The number of aliphatic hydroxyl groups excluding tert-OH is 1. The molecule has 1 unspecified atom stereocenters. The Kier molecular flexibility index (Phi) is 3.53. The van der Waals surface area contributed by atoms with Gasteiger partial charge in [-0.3, -0.25) is 4.79 Å². The number of carbonyl (C=O) groups is 1. The Morgan fingerprint density at radius 3 is 2.92 bits per heavy atom. The predicted molar refractivity (Wildman–Crippen MR) is 46.7 cm³/mol.